The highest BCUT2D eigenvalue weighted by atomic mass is 19.3. The highest BCUT2D eigenvalue weighted by Crippen LogP contribution is 2.34. The quantitative estimate of drug-likeness (QED) is 0.601. The van der Waals surface area contributed by atoms with E-state index >= 15 is 0 Å². The topological polar surface area (TPSA) is 87.9 Å². The molecule has 32 heavy (non-hydrogen) atoms. The van der Waals surface area contributed by atoms with Crippen LogP contribution in [0.3, 0.4) is 0 Å². The Labute approximate surface area is 188 Å². The smallest absolute Gasteiger partial charge is 0.265 e. The van der Waals surface area contributed by atoms with E-state index in [1.807, 2.05) is 0 Å². The van der Waals surface area contributed by atoms with Crippen molar-refractivity contribution in [1.29, 1.82) is 0 Å². The first-order valence-electron chi connectivity index (χ1n) is 11.1. The normalized spacial score (nSPS) is 18.4. The minimum absolute atomic E-state index is 0.0161. The zero-order chi connectivity index (χ0) is 23.5. The molecule has 1 aliphatic heterocycles. The molecule has 7 nitrogen and oxygen atoms in total. The highest BCUT2D eigenvalue weighted by molar-refractivity contribution is 5.97. The first kappa shape index (κ1) is 24.5. The number of alkyl halides is 2. The number of ether oxygens (including phenoxy) is 1. The minimum atomic E-state index is -2.80. The van der Waals surface area contributed by atoms with E-state index in [0.29, 0.717) is 12.5 Å². The van der Waals surface area contributed by atoms with Crippen LogP contribution in [-0.2, 0) is 14.3 Å². The summed E-state index contributed by atoms with van der Waals surface area (Å²) < 4.78 is 32.7. The summed E-state index contributed by atoms with van der Waals surface area (Å²) >= 11 is 0. The van der Waals surface area contributed by atoms with Crippen molar-refractivity contribution in [2.75, 3.05) is 49.6 Å². The van der Waals surface area contributed by atoms with Gasteiger partial charge < -0.3 is 20.7 Å². The Hall–Kier alpha value is -2.10. The summed E-state index contributed by atoms with van der Waals surface area (Å²) in [5, 5.41) is 2.77. The Morgan fingerprint density at radius 2 is 2.06 bits per heavy atom. The third kappa shape index (κ3) is 6.46. The Balaban J connectivity index is 1.78. The summed E-state index contributed by atoms with van der Waals surface area (Å²) in [6, 6.07) is 3.69. The molecule has 1 atom stereocenters. The second kappa shape index (κ2) is 10.2. The van der Waals surface area contributed by atoms with Gasteiger partial charge in [0.25, 0.3) is 12.3 Å². The van der Waals surface area contributed by atoms with Crippen molar-refractivity contribution in [2.24, 2.45) is 17.1 Å². The van der Waals surface area contributed by atoms with Crippen LogP contribution < -0.4 is 16.0 Å². The fraction of sp³-hybridized carbons (Fsp3) is 0.652. The van der Waals surface area contributed by atoms with E-state index in [2.05, 4.69) is 31.0 Å². The van der Waals surface area contributed by atoms with Crippen molar-refractivity contribution in [3.8, 4) is 0 Å². The maximum Gasteiger partial charge on any atom is 0.265 e. The summed E-state index contributed by atoms with van der Waals surface area (Å²) in [6.07, 6.45) is -0.493. The zero-order valence-corrected chi connectivity index (χ0v) is 19.1. The second-order valence-corrected chi connectivity index (χ2v) is 9.85. The maximum absolute atomic E-state index is 13.8. The fourth-order valence-electron chi connectivity index (χ4n) is 4.02. The fourth-order valence-corrected chi connectivity index (χ4v) is 4.02. The average Bonchev–Trinajstić information content (AvgIpc) is 3.52. The van der Waals surface area contributed by atoms with Crippen molar-refractivity contribution < 1.29 is 23.1 Å². The molecule has 1 aromatic carbocycles. The van der Waals surface area contributed by atoms with Crippen LogP contribution in [0.15, 0.2) is 18.2 Å². The highest BCUT2D eigenvalue weighted by Gasteiger charge is 2.33. The molecule has 1 aromatic rings. The predicted octanol–water partition coefficient (Wildman–Crippen LogP) is 3.01. The second-order valence-electron chi connectivity index (χ2n) is 9.85. The average molecular weight is 453 g/mol. The van der Waals surface area contributed by atoms with Crippen molar-refractivity contribution in [3.63, 3.8) is 0 Å². The number of hydrogen-bond donors (Lipinski definition) is 2. The van der Waals surface area contributed by atoms with Gasteiger partial charge in [0.15, 0.2) is 0 Å². The van der Waals surface area contributed by atoms with E-state index in [1.54, 1.807) is 6.07 Å². The van der Waals surface area contributed by atoms with E-state index in [9.17, 15) is 18.4 Å². The number of anilines is 2. The van der Waals surface area contributed by atoms with E-state index < -0.39 is 12.5 Å². The molecular weight excluding hydrogens is 418 g/mol. The minimum Gasteiger partial charge on any atom is -0.370 e. The van der Waals surface area contributed by atoms with Crippen LogP contribution in [0.5, 0.6) is 0 Å². The lowest BCUT2D eigenvalue weighted by molar-refractivity contribution is -0.125. The van der Waals surface area contributed by atoms with Crippen molar-refractivity contribution in [2.45, 2.75) is 46.1 Å². The molecule has 0 radical (unpaired) electrons. The maximum atomic E-state index is 13.8. The SMILES string of the molecule is CC(C)(C)CN(CC1CC1)[C@@H](CN)C(=O)Nc1ccc(N2CCOCC2=O)c(C(F)F)c1. The largest absolute Gasteiger partial charge is 0.370 e. The number of nitrogens with one attached hydrogen (secondary N) is 1. The molecule has 1 saturated carbocycles. The first-order chi connectivity index (χ1) is 15.1. The number of rotatable bonds is 9. The lowest BCUT2D eigenvalue weighted by Crippen LogP contribution is -2.51. The van der Waals surface area contributed by atoms with Gasteiger partial charge in [-0.05, 0) is 42.4 Å². The molecule has 178 valence electrons. The number of halogens is 2. The van der Waals surface area contributed by atoms with Gasteiger partial charge in [0, 0.05) is 37.4 Å². The molecule has 9 heteroatoms. The van der Waals surface area contributed by atoms with Gasteiger partial charge in [0.1, 0.15) is 12.6 Å². The Bertz CT molecular complexity index is 824. The third-order valence-electron chi connectivity index (χ3n) is 5.64. The number of carbonyl (C=O) groups is 2. The predicted molar refractivity (Wildman–Crippen MR) is 120 cm³/mol. The first-order valence-corrected chi connectivity index (χ1v) is 11.1. The molecule has 0 unspecified atom stereocenters. The molecule has 0 aromatic heterocycles. The standard InChI is InChI=1S/C23H34F2N4O3/c1-23(2,3)14-28(12-15-4-5-15)19(11-26)22(31)27-16-6-7-18(17(10-16)21(24)25)29-8-9-32-13-20(29)30/h6-7,10,15,19,21H,4-5,8-9,11-14,26H2,1-3H3,(H,27,31)/t19-/m0/s1. The van der Waals surface area contributed by atoms with Gasteiger partial charge in [0.05, 0.1) is 12.3 Å². The van der Waals surface area contributed by atoms with E-state index in [-0.39, 0.29) is 60.5 Å². The lowest BCUT2D eigenvalue weighted by Gasteiger charge is -2.35. The van der Waals surface area contributed by atoms with Crippen molar-refractivity contribution in [3.05, 3.63) is 23.8 Å². The number of nitrogens with two attached hydrogens (primary N) is 1. The summed E-state index contributed by atoms with van der Waals surface area (Å²) in [7, 11) is 0. The van der Waals surface area contributed by atoms with Gasteiger partial charge in [-0.3, -0.25) is 14.5 Å². The molecule has 3 N–H and O–H groups in total. The van der Waals surface area contributed by atoms with Gasteiger partial charge in [0.2, 0.25) is 5.91 Å². The molecule has 3 rings (SSSR count). The molecule has 2 aliphatic rings. The molecule has 0 bridgehead atoms. The Morgan fingerprint density at radius 3 is 2.62 bits per heavy atom. The number of carbonyl (C=O) groups excluding carboxylic acids is 2. The van der Waals surface area contributed by atoms with Crippen LogP contribution in [0.25, 0.3) is 0 Å². The molecule has 1 aliphatic carbocycles. The summed E-state index contributed by atoms with van der Waals surface area (Å²) in [5.74, 6) is -0.0983. The summed E-state index contributed by atoms with van der Waals surface area (Å²) in [4.78, 5) is 28.6. The molecule has 1 heterocycles. The summed E-state index contributed by atoms with van der Waals surface area (Å²) in [5.41, 5.74) is 6.07. The number of amides is 2. The van der Waals surface area contributed by atoms with Crippen LogP contribution in [0.1, 0.15) is 45.6 Å². The van der Waals surface area contributed by atoms with Crippen LogP contribution in [0.4, 0.5) is 20.2 Å². The van der Waals surface area contributed by atoms with Crippen LogP contribution >= 0.6 is 0 Å². The number of hydrogen-bond acceptors (Lipinski definition) is 5. The number of morpholine rings is 1. The van der Waals surface area contributed by atoms with Gasteiger partial charge in [-0.2, -0.15) is 0 Å². The van der Waals surface area contributed by atoms with Gasteiger partial charge in [-0.15, -0.1) is 0 Å². The Kier molecular flexibility index (Phi) is 7.84. The van der Waals surface area contributed by atoms with Crippen molar-refractivity contribution in [1.82, 2.24) is 4.90 Å². The number of benzene rings is 1. The van der Waals surface area contributed by atoms with Crippen molar-refractivity contribution >= 4 is 23.2 Å². The molecule has 2 amide bonds. The van der Waals surface area contributed by atoms with Crippen LogP contribution in [0.2, 0.25) is 0 Å². The number of nitrogens with zero attached hydrogens (tertiary/aromatic N) is 2. The van der Waals surface area contributed by atoms with Gasteiger partial charge >= 0.3 is 0 Å². The van der Waals surface area contributed by atoms with Crippen LogP contribution in [-0.4, -0.2) is 62.1 Å². The molecule has 2 fully saturated rings. The lowest BCUT2D eigenvalue weighted by atomic mass is 9.94. The molecule has 1 saturated heterocycles. The van der Waals surface area contributed by atoms with Crippen LogP contribution in [0, 0.1) is 11.3 Å². The molecule has 0 spiro atoms. The van der Waals surface area contributed by atoms with Gasteiger partial charge in [-0.25, -0.2) is 8.78 Å². The monoisotopic (exact) mass is 452 g/mol. The van der Waals surface area contributed by atoms with E-state index in [4.69, 9.17) is 10.5 Å². The Morgan fingerprint density at radius 1 is 1.34 bits per heavy atom. The zero-order valence-electron chi connectivity index (χ0n) is 19.1. The van der Waals surface area contributed by atoms with E-state index in [1.165, 1.54) is 17.0 Å². The van der Waals surface area contributed by atoms with Gasteiger partial charge in [-0.1, -0.05) is 20.8 Å². The summed E-state index contributed by atoms with van der Waals surface area (Å²) in [6.45, 7) is 8.34. The third-order valence-corrected chi connectivity index (χ3v) is 5.64. The molecular formula is C23H34F2N4O3. The van der Waals surface area contributed by atoms with E-state index in [0.717, 1.165) is 19.4 Å².